The van der Waals surface area contributed by atoms with Crippen LogP contribution >= 0.6 is 24.8 Å². The summed E-state index contributed by atoms with van der Waals surface area (Å²) in [5.41, 5.74) is -3.38. The SMILES string of the molecule is Cl.Cl.Fc1c(F)c(F)c([N]=[Cr]=[N]c2c(F)c(F)c(F)c(F)c2F)c(F)c1F. The van der Waals surface area contributed by atoms with Crippen LogP contribution in [0.3, 0.4) is 0 Å². The van der Waals surface area contributed by atoms with E-state index in [1.54, 1.807) is 0 Å². The molecule has 0 fully saturated rings. The van der Waals surface area contributed by atoms with Crippen LogP contribution in [0.15, 0.2) is 7.86 Å². The Kier molecular flexibility index (Phi) is 9.04. The minimum absolute atomic E-state index is 0. The van der Waals surface area contributed by atoms with Gasteiger partial charge in [-0.2, -0.15) is 0 Å². The molecule has 0 unspecified atom stereocenters. The number of hydrogen-bond donors (Lipinski definition) is 0. The molecule has 0 heterocycles. The Morgan fingerprint density at radius 3 is 0.778 bits per heavy atom. The van der Waals surface area contributed by atoms with Crippen LogP contribution in [0.4, 0.5) is 55.3 Å². The normalized spacial score (nSPS) is 10.0. The van der Waals surface area contributed by atoms with Crippen LogP contribution in [-0.2, 0) is 14.8 Å². The third kappa shape index (κ3) is 4.48. The quantitative estimate of drug-likeness (QED) is 0.269. The Hall–Kier alpha value is -1.55. The molecule has 2 aromatic carbocycles. The molecule has 0 saturated carbocycles. The number of benzene rings is 2. The topological polar surface area (TPSA) is 24.7 Å². The Balaban J connectivity index is 0.00000338. The number of nitrogens with zero attached hydrogens (tertiary/aromatic N) is 2. The van der Waals surface area contributed by atoms with Crippen LogP contribution in [0, 0.1) is 58.2 Å². The second-order valence-electron chi connectivity index (χ2n) is 4.10. The Morgan fingerprint density at radius 2 is 0.556 bits per heavy atom. The average molecular weight is 487 g/mol. The van der Waals surface area contributed by atoms with E-state index >= 15 is 0 Å². The van der Waals surface area contributed by atoms with Crippen molar-refractivity contribution in [3.8, 4) is 0 Å². The average Bonchev–Trinajstić information content (AvgIpc) is 2.60. The van der Waals surface area contributed by atoms with Gasteiger partial charge in [-0.3, -0.25) is 0 Å². The number of halogens is 12. The minimum atomic E-state index is -2.46. The fraction of sp³-hybridized carbons (Fsp3) is 0. The predicted octanol–water partition coefficient (Wildman–Crippen LogP) is 6.33. The molecule has 2 rings (SSSR count). The van der Waals surface area contributed by atoms with Crippen molar-refractivity contribution in [3.05, 3.63) is 58.2 Å². The Labute approximate surface area is 161 Å². The van der Waals surface area contributed by atoms with Crippen molar-refractivity contribution in [2.75, 3.05) is 0 Å². The molecule has 0 aliphatic heterocycles. The van der Waals surface area contributed by atoms with E-state index in [1.165, 1.54) is 0 Å². The van der Waals surface area contributed by atoms with Gasteiger partial charge in [0.2, 0.25) is 0 Å². The van der Waals surface area contributed by atoms with Crippen molar-refractivity contribution in [2.45, 2.75) is 0 Å². The molecule has 150 valence electrons. The van der Waals surface area contributed by atoms with Gasteiger partial charge in [0, 0.05) is 0 Å². The zero-order valence-corrected chi connectivity index (χ0v) is 14.8. The maximum atomic E-state index is 13.3. The van der Waals surface area contributed by atoms with Crippen molar-refractivity contribution in [1.29, 1.82) is 0 Å². The summed E-state index contributed by atoms with van der Waals surface area (Å²) in [7, 11) is 0. The summed E-state index contributed by atoms with van der Waals surface area (Å²) in [6.07, 6.45) is 0. The monoisotopic (exact) mass is 486 g/mol. The Bertz CT molecular complexity index is 831. The van der Waals surface area contributed by atoms with Crippen molar-refractivity contribution < 1.29 is 58.7 Å². The van der Waals surface area contributed by atoms with Gasteiger partial charge in [0.1, 0.15) is 0 Å². The fourth-order valence-corrected chi connectivity index (χ4v) is 2.27. The van der Waals surface area contributed by atoms with Gasteiger partial charge in [-0.25, -0.2) is 0 Å². The van der Waals surface area contributed by atoms with Gasteiger partial charge in [0.15, 0.2) is 0 Å². The molecule has 0 spiro atoms. The van der Waals surface area contributed by atoms with Gasteiger partial charge in [-0.1, -0.05) is 0 Å². The number of rotatable bonds is 2. The van der Waals surface area contributed by atoms with E-state index in [-0.39, 0.29) is 24.8 Å². The van der Waals surface area contributed by atoms with E-state index in [0.29, 0.717) is 0 Å². The molecule has 0 radical (unpaired) electrons. The van der Waals surface area contributed by atoms with Crippen molar-refractivity contribution in [3.63, 3.8) is 0 Å². The van der Waals surface area contributed by atoms with Crippen molar-refractivity contribution in [2.24, 2.45) is 7.86 Å². The van der Waals surface area contributed by atoms with E-state index in [0.717, 1.165) is 0 Å². The zero-order chi connectivity index (χ0) is 19.0. The van der Waals surface area contributed by atoms with Crippen molar-refractivity contribution >= 4 is 36.2 Å². The molecule has 15 heteroatoms. The zero-order valence-electron chi connectivity index (χ0n) is 11.9. The van der Waals surface area contributed by atoms with Crippen LogP contribution in [0.5, 0.6) is 0 Å². The van der Waals surface area contributed by atoms with E-state index in [4.69, 9.17) is 0 Å². The summed E-state index contributed by atoms with van der Waals surface area (Å²) in [6, 6.07) is 0. The van der Waals surface area contributed by atoms with E-state index in [2.05, 4.69) is 7.86 Å². The van der Waals surface area contributed by atoms with Gasteiger partial charge < -0.3 is 0 Å². The third-order valence-corrected chi connectivity index (χ3v) is 3.46. The molecule has 0 bridgehead atoms. The molecule has 0 atom stereocenters. The first-order valence-corrected chi connectivity index (χ1v) is 6.84. The summed E-state index contributed by atoms with van der Waals surface area (Å²) < 4.78 is 136. The van der Waals surface area contributed by atoms with Gasteiger partial charge in [0.05, 0.1) is 0 Å². The molecule has 2 nitrogen and oxygen atoms in total. The third-order valence-electron chi connectivity index (χ3n) is 2.64. The van der Waals surface area contributed by atoms with Crippen LogP contribution < -0.4 is 0 Å². The summed E-state index contributed by atoms with van der Waals surface area (Å²) in [6.45, 7) is 0. The molecular formula is C12H2Cl2CrF10N2. The molecule has 0 aromatic heterocycles. The second kappa shape index (κ2) is 9.59. The maximum absolute atomic E-state index is 13.3. The standard InChI is InChI=1S/2C6F5N.2ClH.Cr/c2*7-1-2(8)4(10)6(12)5(11)3(1)9;;;/h;;2*1H;. The van der Waals surface area contributed by atoms with Crippen molar-refractivity contribution in [1.82, 2.24) is 0 Å². The van der Waals surface area contributed by atoms with Crippen LogP contribution in [-0.4, -0.2) is 0 Å². The first-order chi connectivity index (χ1) is 11.6. The second-order valence-corrected chi connectivity index (χ2v) is 4.93. The first kappa shape index (κ1) is 25.5. The van der Waals surface area contributed by atoms with Gasteiger partial charge in [0.25, 0.3) is 0 Å². The van der Waals surface area contributed by atoms with E-state index in [1.807, 2.05) is 0 Å². The van der Waals surface area contributed by atoms with Gasteiger partial charge >= 0.3 is 136 Å². The van der Waals surface area contributed by atoms with E-state index < -0.39 is 84.4 Å². The predicted molar refractivity (Wildman–Crippen MR) is 71.1 cm³/mol. The molecule has 0 saturated heterocycles. The fourth-order valence-electron chi connectivity index (χ4n) is 1.45. The first-order valence-electron chi connectivity index (χ1n) is 5.70. The van der Waals surface area contributed by atoms with Gasteiger partial charge in [-0.05, 0) is 0 Å². The molecule has 2 aromatic rings. The summed E-state index contributed by atoms with van der Waals surface area (Å²) in [5.74, 6) is -23.6. The van der Waals surface area contributed by atoms with Crippen LogP contribution in [0.2, 0.25) is 0 Å². The molecule has 0 amide bonds. The number of hydrogen-bond acceptors (Lipinski definition) is 2. The summed E-state index contributed by atoms with van der Waals surface area (Å²) in [4.78, 5) is 0. The molecular weight excluding hydrogens is 485 g/mol. The molecule has 27 heavy (non-hydrogen) atoms. The summed E-state index contributed by atoms with van der Waals surface area (Å²) in [5, 5.41) is 0. The van der Waals surface area contributed by atoms with Gasteiger partial charge in [-0.15, -0.1) is 24.8 Å². The van der Waals surface area contributed by atoms with E-state index in [9.17, 15) is 43.9 Å². The molecule has 0 aliphatic carbocycles. The molecule has 0 aliphatic rings. The van der Waals surface area contributed by atoms with Crippen LogP contribution in [0.25, 0.3) is 0 Å². The Morgan fingerprint density at radius 1 is 0.370 bits per heavy atom. The molecule has 0 N–H and O–H groups in total. The van der Waals surface area contributed by atoms with Crippen LogP contribution in [0.1, 0.15) is 0 Å². The summed E-state index contributed by atoms with van der Waals surface area (Å²) >= 11 is -2.02.